The van der Waals surface area contributed by atoms with Crippen molar-refractivity contribution in [2.24, 2.45) is 0 Å². The van der Waals surface area contributed by atoms with Crippen LogP contribution in [0.3, 0.4) is 0 Å². The third-order valence-corrected chi connectivity index (χ3v) is 4.09. The molecular weight excluding hydrogens is 340 g/mol. The van der Waals surface area contributed by atoms with Crippen LogP contribution in [0.25, 0.3) is 0 Å². The molecule has 138 valence electrons. The van der Waals surface area contributed by atoms with Crippen molar-refractivity contribution in [3.8, 4) is 5.75 Å². The Morgan fingerprint density at radius 2 is 1.67 bits per heavy atom. The van der Waals surface area contributed by atoms with E-state index in [1.54, 1.807) is 7.11 Å². The maximum Gasteiger partial charge on any atom is 0.258 e. The van der Waals surface area contributed by atoms with Crippen molar-refractivity contribution in [1.29, 1.82) is 0 Å². The van der Waals surface area contributed by atoms with Crippen molar-refractivity contribution >= 4 is 23.2 Å². The lowest BCUT2D eigenvalue weighted by Gasteiger charge is -2.13. The molecule has 0 spiro atoms. The van der Waals surface area contributed by atoms with Crippen LogP contribution < -0.4 is 15.4 Å². The van der Waals surface area contributed by atoms with E-state index in [-0.39, 0.29) is 5.91 Å². The third-order valence-electron chi connectivity index (χ3n) is 4.09. The number of anilines is 3. The van der Waals surface area contributed by atoms with Gasteiger partial charge in [-0.2, -0.15) is 0 Å². The zero-order valence-electron chi connectivity index (χ0n) is 15.6. The second-order valence-corrected chi connectivity index (χ2v) is 6.34. The van der Waals surface area contributed by atoms with Gasteiger partial charge in [0.25, 0.3) is 5.91 Å². The molecule has 0 aliphatic heterocycles. The van der Waals surface area contributed by atoms with Crippen molar-refractivity contribution in [3.05, 3.63) is 72.1 Å². The lowest BCUT2D eigenvalue weighted by atomic mass is 10.0. The molecule has 3 rings (SSSR count). The Bertz CT molecular complexity index is 906. The lowest BCUT2D eigenvalue weighted by molar-refractivity contribution is 0.102. The molecule has 0 aliphatic carbocycles. The van der Waals surface area contributed by atoms with E-state index in [4.69, 9.17) is 4.74 Å². The first-order valence-electron chi connectivity index (χ1n) is 8.70. The normalized spacial score (nSPS) is 10.5. The topological polar surface area (TPSA) is 76.1 Å². The molecule has 6 nitrogen and oxygen atoms in total. The summed E-state index contributed by atoms with van der Waals surface area (Å²) in [6.45, 7) is 4.18. The first kappa shape index (κ1) is 18.4. The molecule has 0 fully saturated rings. The fourth-order valence-electron chi connectivity index (χ4n) is 2.62. The second kappa shape index (κ2) is 8.31. The van der Waals surface area contributed by atoms with Crippen LogP contribution in [0.1, 0.15) is 35.7 Å². The number of aromatic nitrogens is 2. The van der Waals surface area contributed by atoms with E-state index in [0.717, 1.165) is 22.7 Å². The molecule has 1 amide bonds. The van der Waals surface area contributed by atoms with E-state index in [2.05, 4.69) is 34.4 Å². The number of benzene rings is 2. The lowest BCUT2D eigenvalue weighted by Crippen LogP contribution is -2.14. The first-order valence-corrected chi connectivity index (χ1v) is 8.70. The van der Waals surface area contributed by atoms with Crippen LogP contribution in [-0.2, 0) is 0 Å². The van der Waals surface area contributed by atoms with Crippen LogP contribution in [0.15, 0.2) is 60.9 Å². The van der Waals surface area contributed by atoms with Crippen molar-refractivity contribution in [2.45, 2.75) is 19.8 Å². The fraction of sp³-hybridized carbons (Fsp3) is 0.190. The van der Waals surface area contributed by atoms with Gasteiger partial charge in [-0.1, -0.05) is 32.0 Å². The van der Waals surface area contributed by atoms with Crippen LogP contribution in [0.4, 0.5) is 17.3 Å². The number of nitrogens with one attached hydrogen (secondary N) is 2. The quantitative estimate of drug-likeness (QED) is 0.670. The van der Waals surface area contributed by atoms with Crippen molar-refractivity contribution in [1.82, 2.24) is 9.97 Å². The molecule has 1 heterocycles. The maximum absolute atomic E-state index is 12.5. The minimum Gasteiger partial charge on any atom is -0.497 e. The number of carbonyl (C=O) groups is 1. The van der Waals surface area contributed by atoms with Crippen LogP contribution in [0.5, 0.6) is 5.75 Å². The molecule has 0 saturated carbocycles. The molecule has 27 heavy (non-hydrogen) atoms. The van der Waals surface area contributed by atoms with E-state index in [1.165, 1.54) is 12.4 Å². The number of carbonyl (C=O) groups excluding carboxylic acids is 1. The molecule has 1 aromatic heterocycles. The van der Waals surface area contributed by atoms with Crippen LogP contribution >= 0.6 is 0 Å². The van der Waals surface area contributed by atoms with Gasteiger partial charge in [-0.25, -0.2) is 9.97 Å². The molecule has 2 N–H and O–H groups in total. The van der Waals surface area contributed by atoms with Gasteiger partial charge < -0.3 is 15.4 Å². The number of amides is 1. The van der Waals surface area contributed by atoms with E-state index in [0.29, 0.717) is 17.4 Å². The predicted molar refractivity (Wildman–Crippen MR) is 107 cm³/mol. The van der Waals surface area contributed by atoms with Gasteiger partial charge in [0.1, 0.15) is 5.75 Å². The van der Waals surface area contributed by atoms with Gasteiger partial charge in [-0.15, -0.1) is 0 Å². The number of methoxy groups -OCH3 is 1. The van der Waals surface area contributed by atoms with Gasteiger partial charge in [0.05, 0.1) is 12.7 Å². The van der Waals surface area contributed by atoms with Crippen LogP contribution in [0.2, 0.25) is 0 Å². The largest absolute Gasteiger partial charge is 0.497 e. The van der Waals surface area contributed by atoms with Crippen molar-refractivity contribution in [3.63, 3.8) is 0 Å². The zero-order valence-corrected chi connectivity index (χ0v) is 15.6. The summed E-state index contributed by atoms with van der Waals surface area (Å²) in [5, 5.41) is 6.02. The molecule has 0 unspecified atom stereocenters. The van der Waals surface area contributed by atoms with E-state index in [1.807, 2.05) is 48.5 Å². The van der Waals surface area contributed by atoms with Gasteiger partial charge >= 0.3 is 0 Å². The Morgan fingerprint density at radius 3 is 2.30 bits per heavy atom. The summed E-state index contributed by atoms with van der Waals surface area (Å²) >= 11 is 0. The highest BCUT2D eigenvalue weighted by atomic mass is 16.5. The molecule has 0 atom stereocenters. The Kier molecular flexibility index (Phi) is 5.66. The minimum atomic E-state index is -0.237. The molecule has 0 saturated heterocycles. The molecular formula is C21H22N4O2. The number of ether oxygens (including phenoxy) is 1. The summed E-state index contributed by atoms with van der Waals surface area (Å²) in [6, 6.07) is 15.2. The molecule has 0 radical (unpaired) electrons. The average molecular weight is 362 g/mol. The predicted octanol–water partition coefficient (Wildman–Crippen LogP) is 4.60. The number of hydrogen-bond donors (Lipinski definition) is 2. The summed E-state index contributed by atoms with van der Waals surface area (Å²) in [6.07, 6.45) is 3.01. The maximum atomic E-state index is 12.5. The molecule has 6 heteroatoms. The number of rotatable bonds is 6. The summed E-state index contributed by atoms with van der Waals surface area (Å²) in [5.41, 5.74) is 3.12. The smallest absolute Gasteiger partial charge is 0.258 e. The standard InChI is InChI=1S/C21H22N4O2/c1-14(2)18-6-4-5-7-19(18)25-20(26)15-12-22-21(23-13-15)24-16-8-10-17(27-3)11-9-16/h4-14H,1-3H3,(H,25,26)(H,22,23,24). The van der Waals surface area contributed by atoms with E-state index < -0.39 is 0 Å². The van der Waals surface area contributed by atoms with Crippen molar-refractivity contribution in [2.75, 3.05) is 17.7 Å². The summed E-state index contributed by atoms with van der Waals surface area (Å²) in [5.74, 6) is 1.27. The highest BCUT2D eigenvalue weighted by molar-refractivity contribution is 6.04. The van der Waals surface area contributed by atoms with Crippen molar-refractivity contribution < 1.29 is 9.53 Å². The molecule has 0 aliphatic rings. The molecule has 2 aromatic carbocycles. The Morgan fingerprint density at radius 1 is 1.00 bits per heavy atom. The number of nitrogens with zero attached hydrogens (tertiary/aromatic N) is 2. The van der Waals surface area contributed by atoms with Crippen LogP contribution in [-0.4, -0.2) is 23.0 Å². The summed E-state index contributed by atoms with van der Waals surface area (Å²) in [4.78, 5) is 20.9. The Balaban J connectivity index is 1.68. The van der Waals surface area contributed by atoms with E-state index >= 15 is 0 Å². The van der Waals surface area contributed by atoms with Gasteiger partial charge in [-0.3, -0.25) is 4.79 Å². The van der Waals surface area contributed by atoms with Gasteiger partial charge in [0, 0.05) is 23.8 Å². The molecule has 0 bridgehead atoms. The number of hydrogen-bond acceptors (Lipinski definition) is 5. The van der Waals surface area contributed by atoms with Gasteiger partial charge in [0.2, 0.25) is 5.95 Å². The first-order chi connectivity index (χ1) is 13.1. The summed E-state index contributed by atoms with van der Waals surface area (Å²) in [7, 11) is 1.62. The SMILES string of the molecule is COc1ccc(Nc2ncc(C(=O)Nc3ccccc3C(C)C)cn2)cc1. The Hall–Kier alpha value is -3.41. The average Bonchev–Trinajstić information content (AvgIpc) is 2.69. The number of para-hydroxylation sites is 1. The Labute approximate surface area is 158 Å². The third kappa shape index (κ3) is 4.61. The minimum absolute atomic E-state index is 0.237. The zero-order chi connectivity index (χ0) is 19.2. The highest BCUT2D eigenvalue weighted by Crippen LogP contribution is 2.24. The molecule has 3 aromatic rings. The summed E-state index contributed by atoms with van der Waals surface area (Å²) < 4.78 is 5.13. The fourth-order valence-corrected chi connectivity index (χ4v) is 2.62. The van der Waals surface area contributed by atoms with E-state index in [9.17, 15) is 4.79 Å². The second-order valence-electron chi connectivity index (χ2n) is 6.34. The monoisotopic (exact) mass is 362 g/mol. The van der Waals surface area contributed by atoms with Gasteiger partial charge in [-0.05, 0) is 41.8 Å². The van der Waals surface area contributed by atoms with Gasteiger partial charge in [0.15, 0.2) is 0 Å². The van der Waals surface area contributed by atoms with Crippen LogP contribution in [0, 0.1) is 0 Å². The highest BCUT2D eigenvalue weighted by Gasteiger charge is 2.12.